The van der Waals surface area contributed by atoms with Gasteiger partial charge in [-0.1, -0.05) is 6.07 Å². The number of fused-ring (bicyclic) bond motifs is 1. The fraction of sp³-hybridized carbons (Fsp3) is 0.111. The van der Waals surface area contributed by atoms with E-state index in [4.69, 9.17) is 4.42 Å². The minimum Gasteiger partial charge on any atom is -0.464 e. The van der Waals surface area contributed by atoms with Crippen molar-refractivity contribution in [1.82, 2.24) is 0 Å². The molecule has 0 fully saturated rings. The van der Waals surface area contributed by atoms with Gasteiger partial charge in [0, 0.05) is 0 Å². The first-order chi connectivity index (χ1) is 7.81. The molecule has 2 rings (SSSR count). The molecule has 0 aliphatic heterocycles. The second kappa shape index (κ2) is 3.66. The van der Waals surface area contributed by atoms with Crippen LogP contribution in [0.1, 0.15) is 0 Å². The topological polar surface area (TPSA) is 56.5 Å². The van der Waals surface area contributed by atoms with Gasteiger partial charge in [0.1, 0.15) is 5.58 Å². The minimum absolute atomic E-state index is 0.153. The molecule has 0 amide bonds. The molecule has 0 aliphatic carbocycles. The van der Waals surface area contributed by atoms with Crippen LogP contribution in [0.2, 0.25) is 0 Å². The summed E-state index contributed by atoms with van der Waals surface area (Å²) in [4.78, 5) is 0. The molecule has 4 nitrogen and oxygen atoms in total. The first kappa shape index (κ1) is 11.8. The number of benzene rings is 1. The van der Waals surface area contributed by atoms with Crippen LogP contribution in [-0.2, 0) is 10.1 Å². The van der Waals surface area contributed by atoms with Gasteiger partial charge in [0.05, 0.1) is 11.6 Å². The maximum Gasteiger partial charge on any atom is 0.534 e. The van der Waals surface area contributed by atoms with E-state index in [0.717, 1.165) is 6.07 Å². The van der Waals surface area contributed by atoms with Gasteiger partial charge in [-0.05, 0) is 18.2 Å². The van der Waals surface area contributed by atoms with E-state index in [1.54, 1.807) is 0 Å². The van der Waals surface area contributed by atoms with Gasteiger partial charge in [0.2, 0.25) is 0 Å². The lowest BCUT2D eigenvalue weighted by Gasteiger charge is -2.09. The standard InChI is InChI=1S/C9H5F3O4S/c10-9(11,12)17(13,14)16-8-3-1-2-7-6(8)4-5-15-7/h1-5H. The predicted octanol–water partition coefficient (Wildman–Crippen LogP) is 2.66. The van der Waals surface area contributed by atoms with Crippen molar-refractivity contribution in [3.05, 3.63) is 30.5 Å². The van der Waals surface area contributed by atoms with Gasteiger partial charge in [-0.15, -0.1) is 0 Å². The molecule has 2 aromatic rings. The third-order valence-corrected chi connectivity index (χ3v) is 2.90. The molecule has 0 radical (unpaired) electrons. The highest BCUT2D eigenvalue weighted by atomic mass is 32.2. The molecule has 0 saturated heterocycles. The van der Waals surface area contributed by atoms with Crippen molar-refractivity contribution in [3.8, 4) is 5.75 Å². The van der Waals surface area contributed by atoms with E-state index in [2.05, 4.69) is 4.18 Å². The fourth-order valence-corrected chi connectivity index (χ4v) is 1.68. The molecule has 0 unspecified atom stereocenters. The zero-order valence-corrected chi connectivity index (χ0v) is 8.88. The van der Waals surface area contributed by atoms with Gasteiger partial charge < -0.3 is 8.60 Å². The van der Waals surface area contributed by atoms with E-state index in [-0.39, 0.29) is 11.0 Å². The summed E-state index contributed by atoms with van der Waals surface area (Å²) in [6.07, 6.45) is 1.22. The number of hydrogen-bond acceptors (Lipinski definition) is 4. The van der Waals surface area contributed by atoms with E-state index in [1.807, 2.05) is 0 Å². The number of alkyl halides is 3. The van der Waals surface area contributed by atoms with E-state index in [1.165, 1.54) is 24.5 Å². The number of halogens is 3. The highest BCUT2D eigenvalue weighted by molar-refractivity contribution is 7.88. The van der Waals surface area contributed by atoms with Crippen LogP contribution >= 0.6 is 0 Å². The summed E-state index contributed by atoms with van der Waals surface area (Å²) in [5, 5.41) is 0.153. The summed E-state index contributed by atoms with van der Waals surface area (Å²) < 4.78 is 66.9. The zero-order chi connectivity index (χ0) is 12.7. The van der Waals surface area contributed by atoms with Gasteiger partial charge in [-0.3, -0.25) is 0 Å². The van der Waals surface area contributed by atoms with Gasteiger partial charge in [-0.25, -0.2) is 0 Å². The van der Waals surface area contributed by atoms with Crippen molar-refractivity contribution in [2.24, 2.45) is 0 Å². The minimum atomic E-state index is -5.66. The fourth-order valence-electron chi connectivity index (χ4n) is 1.20. The second-order valence-electron chi connectivity index (χ2n) is 3.07. The van der Waals surface area contributed by atoms with Crippen LogP contribution < -0.4 is 4.18 Å². The molecule has 0 aliphatic rings. The van der Waals surface area contributed by atoms with Gasteiger partial charge in [-0.2, -0.15) is 21.6 Å². The summed E-state index contributed by atoms with van der Waals surface area (Å²) >= 11 is 0. The molecule has 17 heavy (non-hydrogen) atoms. The highest BCUT2D eigenvalue weighted by Crippen LogP contribution is 2.31. The number of hydrogen-bond donors (Lipinski definition) is 0. The van der Waals surface area contributed by atoms with Crippen molar-refractivity contribution in [2.45, 2.75) is 5.51 Å². The number of rotatable bonds is 2. The first-order valence-corrected chi connectivity index (χ1v) is 5.69. The van der Waals surface area contributed by atoms with Crippen LogP contribution in [0.5, 0.6) is 5.75 Å². The van der Waals surface area contributed by atoms with Crippen LogP contribution in [0.15, 0.2) is 34.9 Å². The molecular weight excluding hydrogens is 261 g/mol. The normalized spacial score (nSPS) is 12.9. The summed E-state index contributed by atoms with van der Waals surface area (Å²) in [5.74, 6) is -0.423. The van der Waals surface area contributed by atoms with Crippen molar-refractivity contribution >= 4 is 21.1 Å². The van der Waals surface area contributed by atoms with Crippen LogP contribution in [0, 0.1) is 0 Å². The van der Waals surface area contributed by atoms with Gasteiger partial charge in [0.25, 0.3) is 0 Å². The Kier molecular flexibility index (Phi) is 2.53. The quantitative estimate of drug-likeness (QED) is 0.619. The number of furan rings is 1. The molecular formula is C9H5F3O4S. The molecule has 0 spiro atoms. The largest absolute Gasteiger partial charge is 0.534 e. The van der Waals surface area contributed by atoms with Crippen LogP contribution in [0.3, 0.4) is 0 Å². The Morgan fingerprint density at radius 1 is 1.18 bits per heavy atom. The maximum atomic E-state index is 12.1. The lowest BCUT2D eigenvalue weighted by Crippen LogP contribution is -2.28. The predicted molar refractivity (Wildman–Crippen MR) is 51.8 cm³/mol. The third-order valence-electron chi connectivity index (χ3n) is 1.94. The van der Waals surface area contributed by atoms with E-state index in [0.29, 0.717) is 0 Å². The lowest BCUT2D eigenvalue weighted by molar-refractivity contribution is -0.0499. The van der Waals surface area contributed by atoms with E-state index in [9.17, 15) is 21.6 Å². The molecule has 92 valence electrons. The first-order valence-electron chi connectivity index (χ1n) is 4.28. The molecule has 1 aromatic carbocycles. The third kappa shape index (κ3) is 2.07. The van der Waals surface area contributed by atoms with Gasteiger partial charge >= 0.3 is 15.6 Å². The highest BCUT2D eigenvalue weighted by Gasteiger charge is 2.48. The maximum absolute atomic E-state index is 12.1. The molecule has 8 heteroatoms. The molecule has 0 atom stereocenters. The Morgan fingerprint density at radius 2 is 1.88 bits per heavy atom. The average molecular weight is 266 g/mol. The second-order valence-corrected chi connectivity index (χ2v) is 4.61. The Balaban J connectivity index is 2.47. The summed E-state index contributed by atoms with van der Waals surface area (Å²) in [7, 11) is -5.66. The van der Waals surface area contributed by atoms with Gasteiger partial charge in [0.15, 0.2) is 5.75 Å². The molecule has 1 heterocycles. The summed E-state index contributed by atoms with van der Waals surface area (Å²) in [5.41, 5.74) is -5.22. The Morgan fingerprint density at radius 3 is 2.53 bits per heavy atom. The van der Waals surface area contributed by atoms with Crippen LogP contribution in [-0.4, -0.2) is 13.9 Å². The van der Waals surface area contributed by atoms with Crippen LogP contribution in [0.25, 0.3) is 11.0 Å². The van der Waals surface area contributed by atoms with E-state index < -0.39 is 21.4 Å². The summed E-state index contributed by atoms with van der Waals surface area (Å²) in [6, 6.07) is 5.23. The molecule has 0 N–H and O–H groups in total. The van der Waals surface area contributed by atoms with Crippen molar-refractivity contribution < 1.29 is 30.2 Å². The Hall–Kier alpha value is -1.70. The molecule has 0 saturated carbocycles. The smallest absolute Gasteiger partial charge is 0.464 e. The lowest BCUT2D eigenvalue weighted by atomic mass is 10.2. The molecule has 0 bridgehead atoms. The summed E-state index contributed by atoms with van der Waals surface area (Å²) in [6.45, 7) is 0. The van der Waals surface area contributed by atoms with E-state index >= 15 is 0 Å². The average Bonchev–Trinajstić information content (AvgIpc) is 2.64. The van der Waals surface area contributed by atoms with Crippen LogP contribution in [0.4, 0.5) is 13.2 Å². The Labute approximate surface area is 93.7 Å². The monoisotopic (exact) mass is 266 g/mol. The SMILES string of the molecule is O=S(=O)(Oc1cccc2occc12)C(F)(F)F. The van der Waals surface area contributed by atoms with Crippen molar-refractivity contribution in [3.63, 3.8) is 0 Å². The van der Waals surface area contributed by atoms with Crippen molar-refractivity contribution in [2.75, 3.05) is 0 Å². The Bertz CT molecular complexity index is 642. The van der Waals surface area contributed by atoms with Crippen molar-refractivity contribution in [1.29, 1.82) is 0 Å². The molecule has 1 aromatic heterocycles. The zero-order valence-electron chi connectivity index (χ0n) is 8.06.